The molecule has 0 aliphatic rings. The van der Waals surface area contributed by atoms with Gasteiger partial charge in [0, 0.05) is 109 Å². The average molecular weight is 1460 g/mol. The Kier molecular flexibility index (Phi) is 14.7. The molecule has 0 aliphatic heterocycles. The molecule has 0 saturated carbocycles. The fraction of sp³-hybridized carbons (Fsp3) is 0. The van der Waals surface area contributed by atoms with Gasteiger partial charge >= 0.3 is 0 Å². The third-order valence-electron chi connectivity index (χ3n) is 22.1. The van der Waals surface area contributed by atoms with E-state index in [-0.39, 0.29) is 0 Å². The van der Waals surface area contributed by atoms with E-state index in [1.54, 1.807) is 0 Å². The van der Waals surface area contributed by atoms with Crippen molar-refractivity contribution in [2.24, 2.45) is 0 Å². The molecule has 8 heterocycles. The van der Waals surface area contributed by atoms with Gasteiger partial charge in [-0.1, -0.05) is 249 Å². The summed E-state index contributed by atoms with van der Waals surface area (Å²) in [6.07, 6.45) is 0. The molecule has 0 unspecified atom stereocenters. The minimum absolute atomic E-state index is 0.555. The second-order valence-corrected chi connectivity index (χ2v) is 28.8. The molecule has 0 spiro atoms. The predicted octanol–water partition coefficient (Wildman–Crippen LogP) is 26.9. The number of hydrogen-bond donors (Lipinski definition) is 0. The van der Waals surface area contributed by atoms with Crippen LogP contribution in [0.4, 0.5) is 0 Å². The maximum Gasteiger partial charge on any atom is 0.164 e. The van der Waals surface area contributed by atoms with Crippen molar-refractivity contribution in [1.29, 1.82) is 0 Å². The highest BCUT2D eigenvalue weighted by Gasteiger charge is 2.25. The first-order chi connectivity index (χ1) is 56.5. The van der Waals surface area contributed by atoms with Crippen LogP contribution < -0.4 is 0 Å². The van der Waals surface area contributed by atoms with Crippen LogP contribution in [0, 0.1) is 0 Å². The maximum atomic E-state index is 6.67. The Labute approximate surface area is 650 Å². The molecule has 532 valence electrons. The molecule has 0 bridgehead atoms. The SMILES string of the molecule is c1ccc(-c2ccc(-c3nc(-c4ccc5c(c4)oc4ccccc45)nc(-c4cccc5oc6cc7c8ccccc8n(-c8ccccc8)c7cc6c45)n3)cc2)cc1.c1ccc(-c2cccc(-c3nc(-c4ccc5c(c4)oc4ccccc45)nc(-c4cccc5oc6cc7c8ccccc8n(-c8ccccc8)c7cc6c45)n3)c2)cc1. The Morgan fingerprint density at radius 2 is 0.482 bits per heavy atom. The fourth-order valence-corrected chi connectivity index (χ4v) is 16.8. The molecular weight excluding hydrogens is 1400 g/mol. The van der Waals surface area contributed by atoms with E-state index in [9.17, 15) is 0 Å². The van der Waals surface area contributed by atoms with E-state index in [1.807, 2.05) is 84.9 Å². The van der Waals surface area contributed by atoms with Gasteiger partial charge in [0.05, 0.1) is 22.1 Å². The van der Waals surface area contributed by atoms with E-state index in [4.69, 9.17) is 47.6 Å². The molecule has 16 aromatic carbocycles. The molecule has 0 radical (unpaired) electrons. The topological polar surface area (TPSA) is 140 Å². The molecule has 0 atom stereocenters. The number of aromatic nitrogens is 8. The number of hydrogen-bond acceptors (Lipinski definition) is 10. The molecule has 8 aromatic heterocycles. The number of para-hydroxylation sites is 6. The van der Waals surface area contributed by atoms with Crippen LogP contribution in [0.3, 0.4) is 0 Å². The summed E-state index contributed by atoms with van der Waals surface area (Å²) in [6, 6.07) is 125. The van der Waals surface area contributed by atoms with Crippen LogP contribution in [-0.2, 0) is 0 Å². The summed E-state index contributed by atoms with van der Waals surface area (Å²) in [7, 11) is 0. The van der Waals surface area contributed by atoms with E-state index in [0.29, 0.717) is 34.9 Å². The molecule has 0 amide bonds. The van der Waals surface area contributed by atoms with E-state index in [0.717, 1.165) is 188 Å². The van der Waals surface area contributed by atoms with Crippen molar-refractivity contribution in [3.8, 4) is 102 Å². The Bertz CT molecular complexity index is 7980. The van der Waals surface area contributed by atoms with Crippen molar-refractivity contribution in [1.82, 2.24) is 39.0 Å². The van der Waals surface area contributed by atoms with Gasteiger partial charge in [0.1, 0.15) is 44.7 Å². The number of furan rings is 4. The minimum atomic E-state index is 0.555. The van der Waals surface area contributed by atoms with E-state index in [1.165, 1.54) is 10.8 Å². The molecule has 24 aromatic rings. The summed E-state index contributed by atoms with van der Waals surface area (Å²) in [6.45, 7) is 0. The summed E-state index contributed by atoms with van der Waals surface area (Å²) >= 11 is 0. The molecule has 12 nitrogen and oxygen atoms in total. The van der Waals surface area contributed by atoms with Crippen LogP contribution in [0.5, 0.6) is 0 Å². The van der Waals surface area contributed by atoms with Crippen molar-refractivity contribution >= 4 is 131 Å². The summed E-state index contributed by atoms with van der Waals surface area (Å²) in [5, 5.41) is 12.7. The molecule has 114 heavy (non-hydrogen) atoms. The number of fused-ring (bicyclic) bond motifs is 18. The second-order valence-electron chi connectivity index (χ2n) is 28.8. The highest BCUT2D eigenvalue weighted by molar-refractivity contribution is 6.21. The smallest absolute Gasteiger partial charge is 0.164 e. The van der Waals surface area contributed by atoms with E-state index in [2.05, 4.69) is 288 Å². The van der Waals surface area contributed by atoms with Gasteiger partial charge in [-0.2, -0.15) is 0 Å². The van der Waals surface area contributed by atoms with Gasteiger partial charge < -0.3 is 26.8 Å². The monoisotopic (exact) mass is 1460 g/mol. The van der Waals surface area contributed by atoms with Gasteiger partial charge in [0.2, 0.25) is 0 Å². The third kappa shape index (κ3) is 10.7. The lowest BCUT2D eigenvalue weighted by Crippen LogP contribution is -2.00. The molecule has 12 heteroatoms. The largest absolute Gasteiger partial charge is 0.456 e. The van der Waals surface area contributed by atoms with Crippen molar-refractivity contribution in [2.75, 3.05) is 0 Å². The first-order valence-corrected chi connectivity index (χ1v) is 38.0. The number of benzene rings is 16. The van der Waals surface area contributed by atoms with Crippen LogP contribution in [-0.4, -0.2) is 39.0 Å². The molecule has 0 aliphatic carbocycles. The maximum absolute atomic E-state index is 6.67. The normalized spacial score (nSPS) is 11.9. The lowest BCUT2D eigenvalue weighted by atomic mass is 10.0. The zero-order valence-electron chi connectivity index (χ0n) is 60.9. The molecule has 24 rings (SSSR count). The van der Waals surface area contributed by atoms with Crippen LogP contribution >= 0.6 is 0 Å². The second kappa shape index (κ2) is 26.0. The van der Waals surface area contributed by atoms with Gasteiger partial charge in [0.15, 0.2) is 34.9 Å². The Morgan fingerprint density at radius 3 is 0.965 bits per heavy atom. The Morgan fingerprint density at radius 1 is 0.167 bits per heavy atom. The fourth-order valence-electron chi connectivity index (χ4n) is 16.8. The van der Waals surface area contributed by atoms with Gasteiger partial charge in [-0.3, -0.25) is 0 Å². The number of rotatable bonds is 10. The quantitative estimate of drug-likeness (QED) is 0.130. The molecule has 0 fully saturated rings. The summed E-state index contributed by atoms with van der Waals surface area (Å²) in [4.78, 5) is 31.1. The van der Waals surface area contributed by atoms with Crippen molar-refractivity contribution in [3.63, 3.8) is 0 Å². The Balaban J connectivity index is 0.000000135. The highest BCUT2D eigenvalue weighted by Crippen LogP contribution is 2.46. The van der Waals surface area contributed by atoms with Crippen LogP contribution in [0.2, 0.25) is 0 Å². The van der Waals surface area contributed by atoms with Crippen LogP contribution in [0.1, 0.15) is 0 Å². The van der Waals surface area contributed by atoms with Crippen LogP contribution in [0.25, 0.3) is 233 Å². The van der Waals surface area contributed by atoms with Crippen molar-refractivity contribution in [2.45, 2.75) is 0 Å². The minimum Gasteiger partial charge on any atom is -0.456 e. The van der Waals surface area contributed by atoms with Crippen molar-refractivity contribution < 1.29 is 17.7 Å². The lowest BCUT2D eigenvalue weighted by molar-refractivity contribution is 0.668. The van der Waals surface area contributed by atoms with Gasteiger partial charge in [0.25, 0.3) is 0 Å². The number of nitrogens with zero attached hydrogens (tertiary/aromatic N) is 8. The highest BCUT2D eigenvalue weighted by atomic mass is 16.3. The van der Waals surface area contributed by atoms with Gasteiger partial charge in [-0.25, -0.2) is 29.9 Å². The lowest BCUT2D eigenvalue weighted by Gasteiger charge is -2.10. The average Bonchev–Trinajstić information content (AvgIpc) is 1.56. The summed E-state index contributed by atoms with van der Waals surface area (Å²) < 4.78 is 30.6. The zero-order valence-corrected chi connectivity index (χ0v) is 60.9. The van der Waals surface area contributed by atoms with Crippen molar-refractivity contribution in [3.05, 3.63) is 364 Å². The summed E-state index contributed by atoms with van der Waals surface area (Å²) in [5.41, 5.74) is 22.8. The predicted molar refractivity (Wildman–Crippen MR) is 461 cm³/mol. The molecular formula is C102H60N8O4. The van der Waals surface area contributed by atoms with E-state index < -0.39 is 0 Å². The standard InChI is InChI=1S/2C51H30N4O2/c1-3-13-31(14-4-1)32-15-11-16-33(27-32)49-52-50(34-25-26-38-37-20-8-10-23-44(37)56-46(38)28-34)54-51(53-49)39-21-12-24-45-48(39)41-29-43-40(30-47(41)57-45)36-19-7-9-22-42(36)55(43)35-17-5-2-6-18-35;1-3-12-31(13-4-1)32-22-24-33(25-23-32)49-52-50(34-26-27-38-37-17-8-10-20-44(37)56-46(38)28-34)54-51(53-49)39-18-11-21-45-48(39)41-29-43-40(30-47(41)57-45)36-16-7-9-19-42(36)55(43)35-14-5-2-6-15-35/h2*1-30H. The molecule has 0 saturated heterocycles. The zero-order chi connectivity index (χ0) is 74.9. The third-order valence-corrected chi connectivity index (χ3v) is 22.1. The van der Waals surface area contributed by atoms with E-state index >= 15 is 0 Å². The van der Waals surface area contributed by atoms with Gasteiger partial charge in [-0.15, -0.1) is 0 Å². The van der Waals surface area contributed by atoms with Gasteiger partial charge in [-0.05, 0) is 138 Å². The summed E-state index contributed by atoms with van der Waals surface area (Å²) in [5.74, 6) is 3.38. The first-order valence-electron chi connectivity index (χ1n) is 38.0. The van der Waals surface area contributed by atoms with Crippen LogP contribution in [0.15, 0.2) is 382 Å². The molecule has 0 N–H and O–H groups in total. The first kappa shape index (κ1) is 64.3. The Hall–Kier alpha value is -15.7.